The highest BCUT2D eigenvalue weighted by atomic mass is 35.5. The van der Waals surface area contributed by atoms with Crippen molar-refractivity contribution in [2.45, 2.75) is 25.4 Å². The molecule has 0 amide bonds. The summed E-state index contributed by atoms with van der Waals surface area (Å²) >= 11 is 7.09. The van der Waals surface area contributed by atoms with E-state index in [1.807, 2.05) is 0 Å². The highest BCUT2D eigenvalue weighted by Gasteiger charge is 2.14. The smallest absolute Gasteiger partial charge is 0.274 e. The maximum Gasteiger partial charge on any atom is 0.274 e. The van der Waals surface area contributed by atoms with E-state index in [0.29, 0.717) is 17.0 Å². The van der Waals surface area contributed by atoms with E-state index >= 15 is 0 Å². The summed E-state index contributed by atoms with van der Waals surface area (Å²) in [6.07, 6.45) is 3.71. The van der Waals surface area contributed by atoms with Gasteiger partial charge in [0.2, 0.25) is 0 Å². The van der Waals surface area contributed by atoms with E-state index in [-0.39, 0.29) is 6.10 Å². The molecule has 2 rings (SSSR count). The number of rotatable bonds is 3. The van der Waals surface area contributed by atoms with Gasteiger partial charge in [-0.3, -0.25) is 0 Å². The van der Waals surface area contributed by atoms with Crippen molar-refractivity contribution in [2.24, 2.45) is 0 Å². The molecule has 1 atom stereocenters. The second-order valence-electron chi connectivity index (χ2n) is 3.24. The van der Waals surface area contributed by atoms with Crippen LogP contribution in [0.1, 0.15) is 19.3 Å². The molecule has 0 radical (unpaired) electrons. The molecule has 1 aliphatic rings. The Hall–Kier alpha value is -0.320. The molecule has 0 aliphatic carbocycles. The van der Waals surface area contributed by atoms with Crippen LogP contribution in [-0.4, -0.2) is 24.3 Å². The summed E-state index contributed by atoms with van der Waals surface area (Å²) in [6.45, 7) is 1.44. The highest BCUT2D eigenvalue weighted by Crippen LogP contribution is 2.22. The maximum atomic E-state index is 5.67. The van der Waals surface area contributed by atoms with Gasteiger partial charge < -0.3 is 9.47 Å². The lowest BCUT2D eigenvalue weighted by Gasteiger charge is -2.21. The van der Waals surface area contributed by atoms with Crippen molar-refractivity contribution in [1.29, 1.82) is 0 Å². The molecule has 14 heavy (non-hydrogen) atoms. The van der Waals surface area contributed by atoms with Crippen LogP contribution in [0.3, 0.4) is 0 Å². The van der Waals surface area contributed by atoms with Crippen molar-refractivity contribution in [3.63, 3.8) is 0 Å². The Labute approximate surface area is 92.0 Å². The minimum atomic E-state index is 0.228. The fourth-order valence-electron chi connectivity index (χ4n) is 1.41. The third kappa shape index (κ3) is 2.83. The lowest BCUT2D eigenvalue weighted by Crippen LogP contribution is -2.25. The summed E-state index contributed by atoms with van der Waals surface area (Å²) < 4.78 is 11.0. The fourth-order valence-corrected chi connectivity index (χ4v) is 2.21. The maximum absolute atomic E-state index is 5.67. The molecule has 3 nitrogen and oxygen atoms in total. The van der Waals surface area contributed by atoms with Crippen LogP contribution in [0.5, 0.6) is 5.19 Å². The molecule has 1 aromatic heterocycles. The van der Waals surface area contributed by atoms with Crippen LogP contribution in [0.25, 0.3) is 0 Å². The molecule has 78 valence electrons. The van der Waals surface area contributed by atoms with Crippen molar-refractivity contribution >= 4 is 22.9 Å². The van der Waals surface area contributed by atoms with E-state index in [0.717, 1.165) is 13.0 Å². The van der Waals surface area contributed by atoms with Gasteiger partial charge in [0.15, 0.2) is 0 Å². The Balaban J connectivity index is 1.76. The van der Waals surface area contributed by atoms with E-state index in [1.165, 1.54) is 24.2 Å². The summed E-state index contributed by atoms with van der Waals surface area (Å²) in [5, 5.41) is 2.89. The molecule has 2 heterocycles. The molecule has 1 fully saturated rings. The topological polar surface area (TPSA) is 31.4 Å². The van der Waals surface area contributed by atoms with Crippen LogP contribution >= 0.6 is 22.9 Å². The number of ether oxygens (including phenoxy) is 2. The highest BCUT2D eigenvalue weighted by molar-refractivity contribution is 7.11. The van der Waals surface area contributed by atoms with Crippen molar-refractivity contribution in [3.05, 3.63) is 10.5 Å². The van der Waals surface area contributed by atoms with Crippen LogP contribution in [0.2, 0.25) is 5.15 Å². The van der Waals surface area contributed by atoms with Crippen LogP contribution in [0.15, 0.2) is 5.38 Å². The molecule has 0 bridgehead atoms. The predicted octanol–water partition coefficient (Wildman–Crippen LogP) is 2.74. The second kappa shape index (κ2) is 4.96. The van der Waals surface area contributed by atoms with Gasteiger partial charge in [0.05, 0.1) is 6.10 Å². The van der Waals surface area contributed by atoms with Crippen LogP contribution in [-0.2, 0) is 4.74 Å². The first-order valence-corrected chi connectivity index (χ1v) is 5.96. The number of hydrogen-bond donors (Lipinski definition) is 0. The van der Waals surface area contributed by atoms with Gasteiger partial charge in [-0.2, -0.15) is 4.98 Å². The second-order valence-corrected chi connectivity index (χ2v) is 4.44. The number of thiazole rings is 1. The van der Waals surface area contributed by atoms with E-state index < -0.39 is 0 Å². The third-order valence-electron chi connectivity index (χ3n) is 2.12. The summed E-state index contributed by atoms with van der Waals surface area (Å²) in [4.78, 5) is 4.00. The normalized spacial score (nSPS) is 22.2. The van der Waals surface area contributed by atoms with Crippen molar-refractivity contribution < 1.29 is 9.47 Å². The molecule has 0 aromatic carbocycles. The quantitative estimate of drug-likeness (QED) is 0.805. The first-order valence-electron chi connectivity index (χ1n) is 4.70. The van der Waals surface area contributed by atoms with Crippen molar-refractivity contribution in [2.75, 3.05) is 13.2 Å². The van der Waals surface area contributed by atoms with Gasteiger partial charge in [-0.1, -0.05) is 22.9 Å². The Morgan fingerprint density at radius 2 is 2.57 bits per heavy atom. The molecule has 5 heteroatoms. The fraction of sp³-hybridized carbons (Fsp3) is 0.667. The number of hydrogen-bond acceptors (Lipinski definition) is 4. The van der Waals surface area contributed by atoms with Crippen LogP contribution in [0, 0.1) is 0 Å². The summed E-state index contributed by atoms with van der Waals surface area (Å²) in [6, 6.07) is 0. The van der Waals surface area contributed by atoms with E-state index in [9.17, 15) is 0 Å². The SMILES string of the molecule is Clc1csc(OCC2CCCCO2)n1. The van der Waals surface area contributed by atoms with Gasteiger partial charge >= 0.3 is 0 Å². The lowest BCUT2D eigenvalue weighted by molar-refractivity contribution is -0.0111. The van der Waals surface area contributed by atoms with Crippen molar-refractivity contribution in [1.82, 2.24) is 4.98 Å². The molecule has 0 spiro atoms. The van der Waals surface area contributed by atoms with Crippen LogP contribution < -0.4 is 4.74 Å². The van der Waals surface area contributed by atoms with E-state index in [2.05, 4.69) is 4.98 Å². The van der Waals surface area contributed by atoms with Gasteiger partial charge in [-0.25, -0.2) is 0 Å². The molecule has 1 saturated heterocycles. The molecular formula is C9H12ClNO2S. The van der Waals surface area contributed by atoms with Gasteiger partial charge in [-0.05, 0) is 19.3 Å². The zero-order chi connectivity index (χ0) is 9.80. The summed E-state index contributed by atoms with van der Waals surface area (Å²) in [5.41, 5.74) is 0. The Morgan fingerprint density at radius 3 is 3.21 bits per heavy atom. The minimum Gasteiger partial charge on any atom is -0.467 e. The molecule has 1 aromatic rings. The van der Waals surface area contributed by atoms with Gasteiger partial charge in [0.25, 0.3) is 5.19 Å². The largest absolute Gasteiger partial charge is 0.467 e. The van der Waals surface area contributed by atoms with E-state index in [4.69, 9.17) is 21.1 Å². The summed E-state index contributed by atoms with van der Waals surface area (Å²) in [7, 11) is 0. The zero-order valence-electron chi connectivity index (χ0n) is 7.74. The Morgan fingerprint density at radius 1 is 1.64 bits per heavy atom. The monoisotopic (exact) mass is 233 g/mol. The number of nitrogens with zero attached hydrogens (tertiary/aromatic N) is 1. The number of aromatic nitrogens is 1. The molecule has 1 unspecified atom stereocenters. The molecular weight excluding hydrogens is 222 g/mol. The average Bonchev–Trinajstić information content (AvgIpc) is 2.63. The predicted molar refractivity (Wildman–Crippen MR) is 56.2 cm³/mol. The average molecular weight is 234 g/mol. The zero-order valence-corrected chi connectivity index (χ0v) is 9.31. The van der Waals surface area contributed by atoms with Gasteiger partial charge in [0, 0.05) is 12.0 Å². The standard InChI is InChI=1S/C9H12ClNO2S/c10-8-6-14-9(11-8)13-5-7-3-1-2-4-12-7/h6-7H,1-5H2. The van der Waals surface area contributed by atoms with Crippen molar-refractivity contribution in [3.8, 4) is 5.19 Å². The first-order chi connectivity index (χ1) is 6.84. The molecule has 0 N–H and O–H groups in total. The molecule has 1 aliphatic heterocycles. The first kappa shape index (κ1) is 10.2. The van der Waals surface area contributed by atoms with Gasteiger partial charge in [-0.15, -0.1) is 0 Å². The van der Waals surface area contributed by atoms with Gasteiger partial charge in [0.1, 0.15) is 11.8 Å². The summed E-state index contributed by atoms with van der Waals surface area (Å²) in [5.74, 6) is 0. The van der Waals surface area contributed by atoms with E-state index in [1.54, 1.807) is 5.38 Å². The molecule has 0 saturated carbocycles. The number of halogens is 1. The van der Waals surface area contributed by atoms with Crippen LogP contribution in [0.4, 0.5) is 0 Å². The third-order valence-corrected chi connectivity index (χ3v) is 3.20. The Kier molecular flexibility index (Phi) is 3.61. The minimum absolute atomic E-state index is 0.228. The lowest BCUT2D eigenvalue weighted by atomic mass is 10.1. The Bertz CT molecular complexity index is 286.